The van der Waals surface area contributed by atoms with Gasteiger partial charge in [0.1, 0.15) is 5.75 Å². The molecule has 0 amide bonds. The summed E-state index contributed by atoms with van der Waals surface area (Å²) in [7, 11) is 3.78. The minimum Gasteiger partial charge on any atom is -0.507 e. The highest BCUT2D eigenvalue weighted by Gasteiger charge is 2.23. The Morgan fingerprint density at radius 3 is 2.50 bits per heavy atom. The molecule has 0 fully saturated rings. The highest BCUT2D eigenvalue weighted by atomic mass is 16.4. The second kappa shape index (κ2) is 5.84. The molecule has 4 N–H and O–H groups in total. The fraction of sp³-hybridized carbons (Fsp3) is 0.462. The predicted octanol–water partition coefficient (Wildman–Crippen LogP) is 0.889. The van der Waals surface area contributed by atoms with Crippen molar-refractivity contribution in [2.45, 2.75) is 19.4 Å². The van der Waals surface area contributed by atoms with E-state index >= 15 is 0 Å². The van der Waals surface area contributed by atoms with Crippen LogP contribution >= 0.6 is 0 Å². The quantitative estimate of drug-likeness (QED) is 0.724. The third-order valence-electron chi connectivity index (χ3n) is 2.76. The zero-order valence-electron chi connectivity index (χ0n) is 11.0. The molecule has 1 unspecified atom stereocenters. The van der Waals surface area contributed by atoms with Gasteiger partial charge in [0.15, 0.2) is 0 Å². The highest BCUT2D eigenvalue weighted by molar-refractivity contribution is 5.78. The fourth-order valence-electron chi connectivity index (χ4n) is 1.97. The number of benzene rings is 1. The van der Waals surface area contributed by atoms with E-state index in [-0.39, 0.29) is 12.3 Å². The number of aryl methyl sites for hydroxylation is 1. The van der Waals surface area contributed by atoms with Gasteiger partial charge in [-0.2, -0.15) is 0 Å². The van der Waals surface area contributed by atoms with Gasteiger partial charge in [0.2, 0.25) is 0 Å². The molecular weight excluding hydrogens is 232 g/mol. The Bertz CT molecular complexity index is 444. The van der Waals surface area contributed by atoms with E-state index in [2.05, 4.69) is 0 Å². The summed E-state index contributed by atoms with van der Waals surface area (Å²) >= 11 is 0. The van der Waals surface area contributed by atoms with Gasteiger partial charge in [0, 0.05) is 24.2 Å². The lowest BCUT2D eigenvalue weighted by Crippen LogP contribution is -2.22. The average Bonchev–Trinajstić information content (AvgIpc) is 2.24. The van der Waals surface area contributed by atoms with Crippen LogP contribution in [0.4, 0.5) is 0 Å². The zero-order chi connectivity index (χ0) is 13.9. The Kier molecular flexibility index (Phi) is 4.69. The molecule has 18 heavy (non-hydrogen) atoms. The van der Waals surface area contributed by atoms with Gasteiger partial charge in [-0.25, -0.2) is 0 Å². The number of phenols is 1. The molecule has 1 aromatic carbocycles. The molecule has 1 rings (SSSR count). The summed E-state index contributed by atoms with van der Waals surface area (Å²) in [6.07, 6.45) is 0. The fourth-order valence-corrected chi connectivity index (χ4v) is 1.97. The number of rotatable bonds is 5. The van der Waals surface area contributed by atoms with Crippen LogP contribution in [-0.4, -0.2) is 41.7 Å². The smallest absolute Gasteiger partial charge is 0.312 e. The van der Waals surface area contributed by atoms with E-state index in [0.717, 1.165) is 11.1 Å². The molecule has 100 valence electrons. The van der Waals surface area contributed by atoms with Crippen LogP contribution in [0, 0.1) is 6.92 Å². The van der Waals surface area contributed by atoms with E-state index in [9.17, 15) is 9.90 Å². The van der Waals surface area contributed by atoms with Gasteiger partial charge in [-0.05, 0) is 21.0 Å². The Morgan fingerprint density at radius 2 is 2.06 bits per heavy atom. The zero-order valence-corrected chi connectivity index (χ0v) is 11.0. The summed E-state index contributed by atoms with van der Waals surface area (Å²) in [5.41, 5.74) is 7.50. The maximum atomic E-state index is 11.1. The summed E-state index contributed by atoms with van der Waals surface area (Å²) < 4.78 is 0. The van der Waals surface area contributed by atoms with Crippen LogP contribution < -0.4 is 5.73 Å². The number of nitrogens with two attached hydrogens (primary N) is 1. The van der Waals surface area contributed by atoms with Crippen molar-refractivity contribution in [1.82, 2.24) is 4.90 Å². The lowest BCUT2D eigenvalue weighted by Gasteiger charge is -2.18. The molecular formula is C13H20N2O3. The van der Waals surface area contributed by atoms with Gasteiger partial charge in [0.25, 0.3) is 0 Å². The van der Waals surface area contributed by atoms with Gasteiger partial charge in [-0.3, -0.25) is 4.79 Å². The topological polar surface area (TPSA) is 86.8 Å². The first-order chi connectivity index (χ1) is 8.36. The molecule has 1 aromatic rings. The summed E-state index contributed by atoms with van der Waals surface area (Å²) in [6, 6.07) is 3.54. The van der Waals surface area contributed by atoms with Crippen molar-refractivity contribution in [3.8, 4) is 5.75 Å². The van der Waals surface area contributed by atoms with E-state index in [1.165, 1.54) is 0 Å². The monoisotopic (exact) mass is 252 g/mol. The third-order valence-corrected chi connectivity index (χ3v) is 2.76. The minimum atomic E-state index is -1.02. The number of carbonyl (C=O) groups is 1. The molecule has 5 nitrogen and oxygen atoms in total. The van der Waals surface area contributed by atoms with Crippen molar-refractivity contribution >= 4 is 5.97 Å². The maximum absolute atomic E-state index is 11.1. The summed E-state index contributed by atoms with van der Waals surface area (Å²) in [5.74, 6) is -1.85. The molecule has 0 bridgehead atoms. The van der Waals surface area contributed by atoms with E-state index in [1.54, 1.807) is 6.07 Å². The van der Waals surface area contributed by atoms with Crippen LogP contribution in [0.5, 0.6) is 5.75 Å². The molecule has 0 radical (unpaired) electrons. The average molecular weight is 252 g/mol. The van der Waals surface area contributed by atoms with Crippen molar-refractivity contribution in [2.24, 2.45) is 5.73 Å². The predicted molar refractivity (Wildman–Crippen MR) is 69.7 cm³/mol. The number of carboxylic acids is 1. The first-order valence-corrected chi connectivity index (χ1v) is 5.76. The molecule has 0 saturated heterocycles. The SMILES string of the molecule is Cc1cc(CN(C)C)c(O)c(C(CN)C(=O)O)c1. The van der Waals surface area contributed by atoms with Crippen LogP contribution in [0.3, 0.4) is 0 Å². The van der Waals surface area contributed by atoms with Gasteiger partial charge in [-0.1, -0.05) is 17.7 Å². The number of aromatic hydroxyl groups is 1. The summed E-state index contributed by atoms with van der Waals surface area (Å²) in [5, 5.41) is 19.3. The van der Waals surface area contributed by atoms with Crippen molar-refractivity contribution < 1.29 is 15.0 Å². The number of carboxylic acid groups (broad SMARTS) is 1. The standard InChI is InChI=1S/C13H20N2O3/c1-8-4-9(7-15(2)3)12(16)10(5-8)11(6-14)13(17)18/h4-5,11,16H,6-7,14H2,1-3H3,(H,17,18). The van der Waals surface area contributed by atoms with Crippen LogP contribution in [0.1, 0.15) is 22.6 Å². The van der Waals surface area contributed by atoms with E-state index in [1.807, 2.05) is 32.0 Å². The van der Waals surface area contributed by atoms with Gasteiger partial charge in [-0.15, -0.1) is 0 Å². The van der Waals surface area contributed by atoms with E-state index in [0.29, 0.717) is 12.1 Å². The molecule has 0 saturated carbocycles. The van der Waals surface area contributed by atoms with Crippen LogP contribution in [-0.2, 0) is 11.3 Å². The minimum absolute atomic E-state index is 0.0340. The Morgan fingerprint density at radius 1 is 1.44 bits per heavy atom. The molecule has 0 spiro atoms. The van der Waals surface area contributed by atoms with Crippen LogP contribution in [0.15, 0.2) is 12.1 Å². The van der Waals surface area contributed by atoms with Crippen molar-refractivity contribution in [3.05, 3.63) is 28.8 Å². The number of phenolic OH excluding ortho intramolecular Hbond substituents is 1. The van der Waals surface area contributed by atoms with Gasteiger partial charge >= 0.3 is 5.97 Å². The van der Waals surface area contributed by atoms with Crippen LogP contribution in [0.25, 0.3) is 0 Å². The van der Waals surface area contributed by atoms with Crippen molar-refractivity contribution in [3.63, 3.8) is 0 Å². The van der Waals surface area contributed by atoms with Crippen molar-refractivity contribution in [2.75, 3.05) is 20.6 Å². The first-order valence-electron chi connectivity index (χ1n) is 5.76. The van der Waals surface area contributed by atoms with Gasteiger partial charge < -0.3 is 20.8 Å². The number of nitrogens with zero attached hydrogens (tertiary/aromatic N) is 1. The second-order valence-electron chi connectivity index (χ2n) is 4.73. The largest absolute Gasteiger partial charge is 0.507 e. The Hall–Kier alpha value is -1.59. The maximum Gasteiger partial charge on any atom is 0.312 e. The third kappa shape index (κ3) is 3.21. The van der Waals surface area contributed by atoms with Gasteiger partial charge in [0.05, 0.1) is 5.92 Å². The first kappa shape index (κ1) is 14.5. The molecule has 0 aromatic heterocycles. The normalized spacial score (nSPS) is 12.7. The second-order valence-corrected chi connectivity index (χ2v) is 4.73. The molecule has 1 atom stereocenters. The Labute approximate surface area is 107 Å². The molecule has 0 aliphatic rings. The molecule has 5 heteroatoms. The van der Waals surface area contributed by atoms with E-state index < -0.39 is 11.9 Å². The van der Waals surface area contributed by atoms with Crippen molar-refractivity contribution in [1.29, 1.82) is 0 Å². The molecule has 0 heterocycles. The number of hydrogen-bond donors (Lipinski definition) is 3. The molecule has 0 aliphatic heterocycles. The van der Waals surface area contributed by atoms with Crippen LogP contribution in [0.2, 0.25) is 0 Å². The number of hydrogen-bond acceptors (Lipinski definition) is 4. The summed E-state index contributed by atoms with van der Waals surface area (Å²) in [6.45, 7) is 2.39. The van der Waals surface area contributed by atoms with E-state index in [4.69, 9.17) is 10.8 Å². The number of aliphatic carboxylic acids is 1. The Balaban J connectivity index is 3.27. The summed E-state index contributed by atoms with van der Waals surface area (Å²) in [4.78, 5) is 13.0. The highest BCUT2D eigenvalue weighted by Crippen LogP contribution is 2.31. The molecule has 0 aliphatic carbocycles. The lowest BCUT2D eigenvalue weighted by atomic mass is 9.93. The lowest BCUT2D eigenvalue weighted by molar-refractivity contribution is -0.138.